The summed E-state index contributed by atoms with van der Waals surface area (Å²) >= 11 is -1.32. The van der Waals surface area contributed by atoms with Crippen molar-refractivity contribution >= 4 is 11.2 Å². The molecule has 1 unspecified atom stereocenters. The van der Waals surface area contributed by atoms with Gasteiger partial charge in [0.2, 0.25) is 5.95 Å². The molecule has 3 aromatic rings. The van der Waals surface area contributed by atoms with E-state index in [1.165, 1.54) is 30.7 Å². The third-order valence-corrected chi connectivity index (χ3v) is 4.31. The summed E-state index contributed by atoms with van der Waals surface area (Å²) < 4.78 is 40.2. The minimum absolute atomic E-state index is 0.358. The molecule has 3 rings (SSSR count). The van der Waals surface area contributed by atoms with Gasteiger partial charge in [0.15, 0.2) is 0 Å². The van der Waals surface area contributed by atoms with Crippen molar-refractivity contribution in [1.29, 1.82) is 0 Å². The number of hydrogen-bond donors (Lipinski definition) is 0. The highest BCUT2D eigenvalue weighted by molar-refractivity contribution is 7.90. The molecule has 0 saturated carbocycles. The standard InChI is InChI=1S/C16H13F2N3OS/c1-21-15(11-7-8-19-13(18)9-11)14(20-16(21)23(2)22)10-3-5-12(17)6-4-10/h3-9H,1-2H3. The maximum atomic E-state index is 13.5. The number of rotatable bonds is 3. The lowest BCUT2D eigenvalue weighted by Crippen LogP contribution is -2.06. The number of pyridine rings is 1. The van der Waals surface area contributed by atoms with Crippen LogP contribution in [0, 0.1) is 11.8 Å². The van der Waals surface area contributed by atoms with Crippen molar-refractivity contribution < 1.29 is 13.3 Å². The zero-order chi connectivity index (χ0) is 16.6. The second-order valence-corrected chi connectivity index (χ2v) is 6.25. The van der Waals surface area contributed by atoms with Crippen LogP contribution in [-0.4, -0.2) is 25.3 Å². The van der Waals surface area contributed by atoms with Crippen LogP contribution in [0.15, 0.2) is 47.8 Å². The molecule has 0 fully saturated rings. The molecule has 2 aromatic heterocycles. The molecular formula is C16H13F2N3OS. The van der Waals surface area contributed by atoms with Gasteiger partial charge in [0, 0.05) is 41.6 Å². The molecular weight excluding hydrogens is 320 g/mol. The summed E-state index contributed by atoms with van der Waals surface area (Å²) in [7, 11) is 1.71. The Kier molecular flexibility index (Phi) is 4.14. The van der Waals surface area contributed by atoms with E-state index < -0.39 is 17.1 Å². The number of benzene rings is 1. The van der Waals surface area contributed by atoms with E-state index in [-0.39, 0.29) is 5.82 Å². The molecule has 0 aliphatic carbocycles. The van der Waals surface area contributed by atoms with Crippen molar-refractivity contribution in [2.24, 2.45) is 7.05 Å². The van der Waals surface area contributed by atoms with E-state index in [4.69, 9.17) is 0 Å². The molecule has 2 heterocycles. The summed E-state index contributed by atoms with van der Waals surface area (Å²) in [6, 6.07) is 8.75. The first-order chi connectivity index (χ1) is 11.0. The first-order valence-corrected chi connectivity index (χ1v) is 8.31. The minimum atomic E-state index is -1.32. The van der Waals surface area contributed by atoms with Crippen molar-refractivity contribution in [3.63, 3.8) is 0 Å². The maximum absolute atomic E-state index is 13.5. The van der Waals surface area contributed by atoms with Gasteiger partial charge in [-0.05, 0) is 30.3 Å². The number of halogens is 2. The Morgan fingerprint density at radius 2 is 1.78 bits per heavy atom. The molecule has 0 saturated heterocycles. The number of hydrogen-bond acceptors (Lipinski definition) is 3. The van der Waals surface area contributed by atoms with Crippen molar-refractivity contribution in [2.45, 2.75) is 5.16 Å². The molecule has 0 radical (unpaired) electrons. The van der Waals surface area contributed by atoms with Crippen LogP contribution < -0.4 is 0 Å². The van der Waals surface area contributed by atoms with Crippen molar-refractivity contribution in [1.82, 2.24) is 14.5 Å². The summed E-state index contributed by atoms with van der Waals surface area (Å²) in [5.41, 5.74) is 2.33. The van der Waals surface area contributed by atoms with Gasteiger partial charge in [-0.2, -0.15) is 9.37 Å². The topological polar surface area (TPSA) is 53.8 Å². The van der Waals surface area contributed by atoms with Crippen LogP contribution >= 0.6 is 0 Å². The SMILES string of the molecule is Cn1c([S+](C)[O-])nc(-c2ccc(F)cc2)c1-c1ccnc(F)c1. The lowest BCUT2D eigenvalue weighted by atomic mass is 10.1. The lowest BCUT2D eigenvalue weighted by molar-refractivity contribution is 0.583. The van der Waals surface area contributed by atoms with Gasteiger partial charge in [-0.15, -0.1) is 0 Å². The van der Waals surface area contributed by atoms with Gasteiger partial charge in [0.25, 0.3) is 0 Å². The molecule has 1 atom stereocenters. The van der Waals surface area contributed by atoms with Crippen LogP contribution in [0.2, 0.25) is 0 Å². The average molecular weight is 333 g/mol. The highest BCUT2D eigenvalue weighted by Crippen LogP contribution is 2.33. The molecule has 4 nitrogen and oxygen atoms in total. The Morgan fingerprint density at radius 1 is 1.09 bits per heavy atom. The Hall–Kier alpha value is -2.25. The highest BCUT2D eigenvalue weighted by atomic mass is 32.2. The minimum Gasteiger partial charge on any atom is -0.609 e. The van der Waals surface area contributed by atoms with Crippen LogP contribution in [0.3, 0.4) is 0 Å². The molecule has 118 valence electrons. The van der Waals surface area contributed by atoms with E-state index in [2.05, 4.69) is 9.97 Å². The zero-order valence-electron chi connectivity index (χ0n) is 12.5. The summed E-state index contributed by atoms with van der Waals surface area (Å²) in [6.07, 6.45) is 2.88. The van der Waals surface area contributed by atoms with Gasteiger partial charge in [0.05, 0.1) is 5.69 Å². The number of imidazole rings is 1. The van der Waals surface area contributed by atoms with Crippen molar-refractivity contribution in [2.75, 3.05) is 6.26 Å². The summed E-state index contributed by atoms with van der Waals surface area (Å²) in [5.74, 6) is -0.978. The fourth-order valence-corrected chi connectivity index (χ4v) is 3.12. The summed E-state index contributed by atoms with van der Waals surface area (Å²) in [4.78, 5) is 7.96. The normalized spacial score (nSPS) is 12.4. The van der Waals surface area contributed by atoms with Gasteiger partial charge < -0.3 is 4.55 Å². The third-order valence-electron chi connectivity index (χ3n) is 3.43. The zero-order valence-corrected chi connectivity index (χ0v) is 13.3. The van der Waals surface area contributed by atoms with E-state index in [1.807, 2.05) is 0 Å². The van der Waals surface area contributed by atoms with Crippen molar-refractivity contribution in [3.8, 4) is 22.5 Å². The molecule has 0 N–H and O–H groups in total. The van der Waals surface area contributed by atoms with E-state index >= 15 is 0 Å². The summed E-state index contributed by atoms with van der Waals surface area (Å²) in [5, 5.41) is 0.358. The van der Waals surface area contributed by atoms with E-state index in [9.17, 15) is 13.3 Å². The van der Waals surface area contributed by atoms with Gasteiger partial charge in [-0.25, -0.2) is 9.37 Å². The molecule has 7 heteroatoms. The summed E-state index contributed by atoms with van der Waals surface area (Å²) in [6.45, 7) is 0. The van der Waals surface area contributed by atoms with Gasteiger partial charge in [0.1, 0.15) is 17.8 Å². The number of aromatic nitrogens is 3. The molecule has 0 spiro atoms. The van der Waals surface area contributed by atoms with Crippen LogP contribution in [0.1, 0.15) is 0 Å². The average Bonchev–Trinajstić information content (AvgIpc) is 2.85. The van der Waals surface area contributed by atoms with Crippen LogP contribution in [-0.2, 0) is 18.2 Å². The quantitative estimate of drug-likeness (QED) is 0.546. The highest BCUT2D eigenvalue weighted by Gasteiger charge is 2.23. The number of nitrogens with zero attached hydrogens (tertiary/aromatic N) is 3. The Morgan fingerprint density at radius 3 is 2.39 bits per heavy atom. The predicted molar refractivity (Wildman–Crippen MR) is 84.1 cm³/mol. The monoisotopic (exact) mass is 333 g/mol. The lowest BCUT2D eigenvalue weighted by Gasteiger charge is -2.07. The van der Waals surface area contributed by atoms with Crippen LogP contribution in [0.25, 0.3) is 22.5 Å². The Labute approximate surface area is 135 Å². The van der Waals surface area contributed by atoms with Crippen LogP contribution in [0.4, 0.5) is 8.78 Å². The largest absolute Gasteiger partial charge is 0.609 e. The molecule has 0 bridgehead atoms. The van der Waals surface area contributed by atoms with Gasteiger partial charge in [-0.3, -0.25) is 4.57 Å². The van der Waals surface area contributed by atoms with E-state index in [0.29, 0.717) is 27.7 Å². The smallest absolute Gasteiger partial charge is 0.323 e. The molecule has 23 heavy (non-hydrogen) atoms. The fourth-order valence-electron chi connectivity index (χ4n) is 2.42. The first-order valence-electron chi connectivity index (χ1n) is 6.75. The van der Waals surface area contributed by atoms with Crippen molar-refractivity contribution in [3.05, 3.63) is 54.4 Å². The fraction of sp³-hybridized carbons (Fsp3) is 0.125. The Balaban J connectivity index is 2.26. The van der Waals surface area contributed by atoms with E-state index in [1.54, 1.807) is 29.8 Å². The van der Waals surface area contributed by atoms with E-state index in [0.717, 1.165) is 0 Å². The second-order valence-electron chi connectivity index (χ2n) is 4.98. The van der Waals surface area contributed by atoms with Gasteiger partial charge in [-0.1, -0.05) is 0 Å². The van der Waals surface area contributed by atoms with Gasteiger partial charge >= 0.3 is 5.16 Å². The third kappa shape index (κ3) is 2.97. The molecule has 0 amide bonds. The van der Waals surface area contributed by atoms with Crippen LogP contribution in [0.5, 0.6) is 0 Å². The molecule has 0 aliphatic heterocycles. The Bertz CT molecular complexity index is 847. The molecule has 1 aromatic carbocycles. The first kappa shape index (κ1) is 15.6. The predicted octanol–water partition coefficient (Wildman–Crippen LogP) is 3.16. The maximum Gasteiger partial charge on any atom is 0.323 e. The second kappa shape index (κ2) is 6.10. The molecule has 0 aliphatic rings.